The van der Waals surface area contributed by atoms with Gasteiger partial charge in [-0.1, -0.05) is 0 Å². The lowest BCUT2D eigenvalue weighted by atomic mass is 9.96. The molecule has 1 aromatic heterocycles. The van der Waals surface area contributed by atoms with Crippen LogP contribution in [0.25, 0.3) is 0 Å². The largest absolute Gasteiger partial charge is 0.394 e. The lowest BCUT2D eigenvalue weighted by Gasteiger charge is -2.27. The highest BCUT2D eigenvalue weighted by Gasteiger charge is 2.53. The molecule has 3 N–H and O–H groups in total. The minimum absolute atomic E-state index is 0.443. The first kappa shape index (κ1) is 13.2. The molecule has 1 aliphatic rings. The SMILES string of the molecule is Cc1ccn(C2OC(CO)C(O)C2(C)O)c(=O)n1. The van der Waals surface area contributed by atoms with Gasteiger partial charge in [0.15, 0.2) is 6.23 Å². The fourth-order valence-electron chi connectivity index (χ4n) is 2.07. The zero-order valence-corrected chi connectivity index (χ0v) is 10.1. The summed E-state index contributed by atoms with van der Waals surface area (Å²) in [7, 11) is 0. The van der Waals surface area contributed by atoms with E-state index in [2.05, 4.69) is 4.98 Å². The Hall–Kier alpha value is -1.28. The van der Waals surface area contributed by atoms with Gasteiger partial charge in [0.1, 0.15) is 17.8 Å². The quantitative estimate of drug-likeness (QED) is 0.598. The van der Waals surface area contributed by atoms with Crippen LogP contribution in [0.1, 0.15) is 18.8 Å². The van der Waals surface area contributed by atoms with Gasteiger partial charge < -0.3 is 20.1 Å². The van der Waals surface area contributed by atoms with Crippen LogP contribution in [0.4, 0.5) is 0 Å². The number of nitrogens with zero attached hydrogens (tertiary/aromatic N) is 2. The van der Waals surface area contributed by atoms with Crippen molar-refractivity contribution in [2.45, 2.75) is 37.9 Å². The molecule has 2 heterocycles. The summed E-state index contributed by atoms with van der Waals surface area (Å²) >= 11 is 0. The predicted octanol–water partition coefficient (Wildman–Crippen LogP) is -1.45. The molecule has 7 heteroatoms. The Labute approximate surface area is 103 Å². The minimum atomic E-state index is -1.67. The monoisotopic (exact) mass is 256 g/mol. The summed E-state index contributed by atoms with van der Waals surface area (Å²) in [5.74, 6) is 0. The second-order valence-electron chi connectivity index (χ2n) is 4.64. The number of ether oxygens (including phenoxy) is 1. The standard InChI is InChI=1S/C11H16N2O5/c1-6-3-4-13(10(16)12-6)9-11(2,17)8(15)7(5-14)18-9/h3-4,7-9,14-15,17H,5H2,1-2H3. The van der Waals surface area contributed by atoms with Crippen LogP contribution >= 0.6 is 0 Å². The van der Waals surface area contributed by atoms with Gasteiger partial charge in [-0.3, -0.25) is 4.57 Å². The Morgan fingerprint density at radius 1 is 1.61 bits per heavy atom. The summed E-state index contributed by atoms with van der Waals surface area (Å²) in [5, 5.41) is 29.1. The van der Waals surface area contributed by atoms with Crippen molar-refractivity contribution in [3.05, 3.63) is 28.4 Å². The Morgan fingerprint density at radius 2 is 2.28 bits per heavy atom. The van der Waals surface area contributed by atoms with Crippen molar-refractivity contribution in [3.8, 4) is 0 Å². The summed E-state index contributed by atoms with van der Waals surface area (Å²) in [5.41, 5.74) is -1.70. The molecule has 1 aromatic rings. The predicted molar refractivity (Wildman–Crippen MR) is 60.9 cm³/mol. The normalized spacial score (nSPS) is 35.9. The molecule has 4 atom stereocenters. The fourth-order valence-corrected chi connectivity index (χ4v) is 2.07. The molecule has 4 unspecified atom stereocenters. The van der Waals surface area contributed by atoms with E-state index in [9.17, 15) is 15.0 Å². The van der Waals surface area contributed by atoms with Gasteiger partial charge in [-0.25, -0.2) is 4.79 Å². The van der Waals surface area contributed by atoms with Crippen LogP contribution in [0.2, 0.25) is 0 Å². The van der Waals surface area contributed by atoms with Crippen LogP contribution in [0.3, 0.4) is 0 Å². The van der Waals surface area contributed by atoms with Crippen LogP contribution in [-0.4, -0.2) is 49.3 Å². The molecule has 0 amide bonds. The molecule has 0 radical (unpaired) electrons. The lowest BCUT2D eigenvalue weighted by Crippen LogP contribution is -2.46. The van der Waals surface area contributed by atoms with Crippen LogP contribution in [0, 0.1) is 6.92 Å². The maximum atomic E-state index is 11.7. The topological polar surface area (TPSA) is 105 Å². The van der Waals surface area contributed by atoms with Crippen molar-refractivity contribution < 1.29 is 20.1 Å². The Kier molecular flexibility index (Phi) is 3.24. The third-order valence-corrected chi connectivity index (χ3v) is 3.16. The molecule has 100 valence electrons. The molecule has 0 bridgehead atoms. The molecule has 18 heavy (non-hydrogen) atoms. The second-order valence-corrected chi connectivity index (χ2v) is 4.64. The maximum absolute atomic E-state index is 11.7. The Morgan fingerprint density at radius 3 is 2.78 bits per heavy atom. The number of aryl methyl sites for hydroxylation is 1. The van der Waals surface area contributed by atoms with Crippen LogP contribution in [0.5, 0.6) is 0 Å². The summed E-state index contributed by atoms with van der Waals surface area (Å²) in [6.07, 6.45) is -1.85. The van der Waals surface area contributed by atoms with Crippen LogP contribution in [-0.2, 0) is 4.74 Å². The molecule has 1 aliphatic heterocycles. The molecule has 0 spiro atoms. The van der Waals surface area contributed by atoms with Gasteiger partial charge in [-0.15, -0.1) is 0 Å². The molecule has 0 saturated carbocycles. The first-order valence-corrected chi connectivity index (χ1v) is 5.60. The first-order valence-electron chi connectivity index (χ1n) is 5.60. The van der Waals surface area contributed by atoms with Gasteiger partial charge >= 0.3 is 5.69 Å². The highest BCUT2D eigenvalue weighted by atomic mass is 16.6. The van der Waals surface area contributed by atoms with E-state index in [0.29, 0.717) is 5.69 Å². The summed E-state index contributed by atoms with van der Waals surface area (Å²) in [6.45, 7) is 2.58. The average molecular weight is 256 g/mol. The first-order chi connectivity index (χ1) is 8.37. The summed E-state index contributed by atoms with van der Waals surface area (Å²) in [4.78, 5) is 15.5. The van der Waals surface area contributed by atoms with E-state index in [1.54, 1.807) is 13.0 Å². The van der Waals surface area contributed by atoms with Gasteiger partial charge in [-0.05, 0) is 19.9 Å². The Balaban J connectivity index is 2.42. The molecular weight excluding hydrogens is 240 g/mol. The number of rotatable bonds is 2. The van der Waals surface area contributed by atoms with Gasteiger partial charge in [0, 0.05) is 11.9 Å². The molecule has 0 aliphatic carbocycles. The number of aromatic nitrogens is 2. The van der Waals surface area contributed by atoms with Gasteiger partial charge in [0.2, 0.25) is 0 Å². The van der Waals surface area contributed by atoms with Crippen LogP contribution in [0.15, 0.2) is 17.1 Å². The number of aliphatic hydroxyl groups excluding tert-OH is 2. The van der Waals surface area contributed by atoms with Crippen molar-refractivity contribution in [1.29, 1.82) is 0 Å². The van der Waals surface area contributed by atoms with Gasteiger partial charge in [0.05, 0.1) is 6.61 Å². The molecule has 1 saturated heterocycles. The maximum Gasteiger partial charge on any atom is 0.349 e. The van der Waals surface area contributed by atoms with E-state index in [-0.39, 0.29) is 0 Å². The average Bonchev–Trinajstić information content (AvgIpc) is 2.52. The Bertz CT molecular complexity index is 498. The van der Waals surface area contributed by atoms with E-state index in [4.69, 9.17) is 9.84 Å². The third-order valence-electron chi connectivity index (χ3n) is 3.16. The van der Waals surface area contributed by atoms with Crippen LogP contribution < -0.4 is 5.69 Å². The molecular formula is C11H16N2O5. The summed E-state index contributed by atoms with van der Waals surface area (Å²) < 4.78 is 6.42. The number of aliphatic hydroxyl groups is 3. The van der Waals surface area contributed by atoms with E-state index < -0.39 is 36.3 Å². The van der Waals surface area contributed by atoms with Crippen molar-refractivity contribution in [2.75, 3.05) is 6.61 Å². The van der Waals surface area contributed by atoms with Crippen molar-refractivity contribution in [1.82, 2.24) is 9.55 Å². The smallest absolute Gasteiger partial charge is 0.349 e. The van der Waals surface area contributed by atoms with E-state index in [1.807, 2.05) is 0 Å². The second kappa shape index (κ2) is 4.43. The lowest BCUT2D eigenvalue weighted by molar-refractivity contribution is -0.0987. The molecule has 2 rings (SSSR count). The fraction of sp³-hybridized carbons (Fsp3) is 0.636. The van der Waals surface area contributed by atoms with Crippen molar-refractivity contribution >= 4 is 0 Å². The van der Waals surface area contributed by atoms with E-state index >= 15 is 0 Å². The summed E-state index contributed by atoms with van der Waals surface area (Å²) in [6, 6.07) is 1.60. The van der Waals surface area contributed by atoms with Gasteiger partial charge in [0.25, 0.3) is 0 Å². The molecule has 0 aromatic carbocycles. The molecule has 1 fully saturated rings. The van der Waals surface area contributed by atoms with Crippen molar-refractivity contribution in [2.24, 2.45) is 0 Å². The highest BCUT2D eigenvalue weighted by molar-refractivity contribution is 5.03. The third kappa shape index (κ3) is 1.95. The molecule has 7 nitrogen and oxygen atoms in total. The number of hydrogen-bond donors (Lipinski definition) is 3. The van der Waals surface area contributed by atoms with E-state index in [1.165, 1.54) is 13.1 Å². The number of hydrogen-bond acceptors (Lipinski definition) is 6. The zero-order valence-electron chi connectivity index (χ0n) is 10.1. The van der Waals surface area contributed by atoms with E-state index in [0.717, 1.165) is 4.57 Å². The zero-order chi connectivity index (χ0) is 13.5. The highest BCUT2D eigenvalue weighted by Crippen LogP contribution is 2.37. The minimum Gasteiger partial charge on any atom is -0.394 e. The van der Waals surface area contributed by atoms with Gasteiger partial charge in [-0.2, -0.15) is 4.98 Å². The van der Waals surface area contributed by atoms with Crippen molar-refractivity contribution in [3.63, 3.8) is 0 Å².